The van der Waals surface area contributed by atoms with Crippen molar-refractivity contribution in [2.24, 2.45) is 0 Å². The molecule has 0 aromatic heterocycles. The van der Waals surface area contributed by atoms with Gasteiger partial charge >= 0.3 is 0 Å². The third-order valence-corrected chi connectivity index (χ3v) is 4.34. The molecule has 0 aliphatic heterocycles. The maximum Gasteiger partial charge on any atom is 0.222 e. The van der Waals surface area contributed by atoms with Gasteiger partial charge < -0.3 is 10.6 Å². The highest BCUT2D eigenvalue weighted by molar-refractivity contribution is 6.35. The lowest BCUT2D eigenvalue weighted by atomic mass is 10.0. The van der Waals surface area contributed by atoms with Gasteiger partial charge in [0.15, 0.2) is 0 Å². The molecule has 0 saturated heterocycles. The molecule has 0 bridgehead atoms. The van der Waals surface area contributed by atoms with Crippen LogP contribution in [0.5, 0.6) is 0 Å². The summed E-state index contributed by atoms with van der Waals surface area (Å²) in [5.74, 6) is -0.364. The Balaban J connectivity index is 2.06. The molecule has 0 fully saturated rings. The van der Waals surface area contributed by atoms with Crippen molar-refractivity contribution in [1.29, 1.82) is 0 Å². The van der Waals surface area contributed by atoms with E-state index in [-0.39, 0.29) is 30.3 Å². The summed E-state index contributed by atoms with van der Waals surface area (Å²) < 4.78 is 0. The number of amides is 2. The molecule has 6 heteroatoms. The molecule has 2 atom stereocenters. The molecular weight excluding hydrogens is 359 g/mol. The summed E-state index contributed by atoms with van der Waals surface area (Å²) in [6.07, 6.45) is 0.138. The van der Waals surface area contributed by atoms with E-state index in [1.54, 1.807) is 18.2 Å². The Hall–Kier alpha value is -2.04. The van der Waals surface area contributed by atoms with Gasteiger partial charge in [-0.25, -0.2) is 0 Å². The van der Waals surface area contributed by atoms with Gasteiger partial charge in [0.25, 0.3) is 0 Å². The minimum atomic E-state index is -0.383. The fraction of sp³-hybridized carbons (Fsp3) is 0.263. The Bertz CT molecular complexity index is 750. The number of hydrogen-bond acceptors (Lipinski definition) is 2. The molecule has 2 aromatic rings. The topological polar surface area (TPSA) is 58.2 Å². The molecule has 2 rings (SSSR count). The summed E-state index contributed by atoms with van der Waals surface area (Å²) in [5.41, 5.74) is 1.67. The normalized spacial score (nSPS) is 13.0. The van der Waals surface area contributed by atoms with Crippen molar-refractivity contribution in [3.63, 3.8) is 0 Å². The molecule has 0 unspecified atom stereocenters. The number of nitrogens with one attached hydrogen (secondary N) is 2. The lowest BCUT2D eigenvalue weighted by Gasteiger charge is -2.21. The van der Waals surface area contributed by atoms with Gasteiger partial charge in [-0.05, 0) is 30.2 Å². The predicted octanol–water partition coefficient (Wildman–Crippen LogP) is 4.44. The van der Waals surface area contributed by atoms with Crippen LogP contribution in [0.4, 0.5) is 0 Å². The second-order valence-electron chi connectivity index (χ2n) is 5.82. The highest BCUT2D eigenvalue weighted by Gasteiger charge is 2.19. The molecule has 0 saturated carbocycles. The zero-order valence-electron chi connectivity index (χ0n) is 14.1. The number of hydrogen-bond donors (Lipinski definition) is 2. The van der Waals surface area contributed by atoms with Crippen LogP contribution in [-0.2, 0) is 9.59 Å². The lowest BCUT2D eigenvalue weighted by molar-refractivity contribution is -0.123. The van der Waals surface area contributed by atoms with E-state index in [1.165, 1.54) is 6.92 Å². The van der Waals surface area contributed by atoms with E-state index in [2.05, 4.69) is 10.6 Å². The molecule has 2 aromatic carbocycles. The number of halogens is 2. The van der Waals surface area contributed by atoms with Crippen molar-refractivity contribution in [2.75, 3.05) is 0 Å². The first-order valence-electron chi connectivity index (χ1n) is 7.93. The van der Waals surface area contributed by atoms with Gasteiger partial charge in [-0.3, -0.25) is 9.59 Å². The molecule has 0 spiro atoms. The summed E-state index contributed by atoms with van der Waals surface area (Å²) >= 11 is 12.1. The molecule has 0 radical (unpaired) electrons. The largest absolute Gasteiger partial charge is 0.349 e. The third kappa shape index (κ3) is 5.76. The number of benzene rings is 2. The van der Waals surface area contributed by atoms with Crippen molar-refractivity contribution in [2.45, 2.75) is 32.4 Å². The Morgan fingerprint density at radius 3 is 2.32 bits per heavy atom. The van der Waals surface area contributed by atoms with Crippen LogP contribution in [0.1, 0.15) is 43.5 Å². The number of carbonyl (C=O) groups is 2. The van der Waals surface area contributed by atoms with Gasteiger partial charge in [-0.15, -0.1) is 0 Å². The van der Waals surface area contributed by atoms with Crippen LogP contribution in [0.2, 0.25) is 10.0 Å². The molecule has 0 aliphatic rings. The second-order valence-corrected chi connectivity index (χ2v) is 6.67. The summed E-state index contributed by atoms with van der Waals surface area (Å²) in [7, 11) is 0. The SMILES string of the molecule is CC(=O)N[C@H](CC(=O)N[C@@H](C)c1ccc(Cl)cc1Cl)c1ccccc1. The molecule has 25 heavy (non-hydrogen) atoms. The third-order valence-electron chi connectivity index (χ3n) is 3.78. The van der Waals surface area contributed by atoms with Crippen molar-refractivity contribution < 1.29 is 9.59 Å². The molecule has 132 valence electrons. The van der Waals surface area contributed by atoms with Gasteiger partial charge in [-0.2, -0.15) is 0 Å². The predicted molar refractivity (Wildman–Crippen MR) is 101 cm³/mol. The number of carbonyl (C=O) groups excluding carboxylic acids is 2. The first kappa shape index (κ1) is 19.3. The maximum atomic E-state index is 12.4. The quantitative estimate of drug-likeness (QED) is 0.780. The van der Waals surface area contributed by atoms with Gasteiger partial charge in [0.2, 0.25) is 11.8 Å². The van der Waals surface area contributed by atoms with Gasteiger partial charge in [-0.1, -0.05) is 59.6 Å². The van der Waals surface area contributed by atoms with Crippen molar-refractivity contribution >= 4 is 35.0 Å². The van der Waals surface area contributed by atoms with Gasteiger partial charge in [0.1, 0.15) is 0 Å². The Kier molecular flexibility index (Phi) is 6.85. The van der Waals surface area contributed by atoms with Gasteiger partial charge in [0.05, 0.1) is 18.5 Å². The van der Waals surface area contributed by atoms with Crippen LogP contribution in [0.15, 0.2) is 48.5 Å². The lowest BCUT2D eigenvalue weighted by Crippen LogP contribution is -2.33. The summed E-state index contributed by atoms with van der Waals surface area (Å²) in [5, 5.41) is 6.77. The van der Waals surface area contributed by atoms with E-state index in [1.807, 2.05) is 37.3 Å². The van der Waals surface area contributed by atoms with Crippen LogP contribution in [0, 0.1) is 0 Å². The first-order valence-corrected chi connectivity index (χ1v) is 8.68. The van der Waals surface area contributed by atoms with Crippen LogP contribution < -0.4 is 10.6 Å². The second kappa shape index (κ2) is 8.88. The Morgan fingerprint density at radius 1 is 1.04 bits per heavy atom. The van der Waals surface area contributed by atoms with Crippen LogP contribution >= 0.6 is 23.2 Å². The number of rotatable bonds is 6. The zero-order chi connectivity index (χ0) is 18.4. The minimum absolute atomic E-state index is 0.138. The fourth-order valence-electron chi connectivity index (χ4n) is 2.60. The van der Waals surface area contributed by atoms with Crippen LogP contribution in [0.25, 0.3) is 0 Å². The van der Waals surface area contributed by atoms with Crippen LogP contribution in [-0.4, -0.2) is 11.8 Å². The minimum Gasteiger partial charge on any atom is -0.349 e. The maximum absolute atomic E-state index is 12.4. The first-order chi connectivity index (χ1) is 11.9. The highest BCUT2D eigenvalue weighted by Crippen LogP contribution is 2.26. The van der Waals surface area contributed by atoms with E-state index in [0.29, 0.717) is 10.0 Å². The van der Waals surface area contributed by atoms with Crippen LogP contribution in [0.3, 0.4) is 0 Å². The Labute approximate surface area is 157 Å². The summed E-state index contributed by atoms with van der Waals surface area (Å²) in [4.78, 5) is 23.9. The molecule has 0 heterocycles. The fourth-order valence-corrected chi connectivity index (χ4v) is 3.17. The standard InChI is InChI=1S/C19H20Cl2N2O2/c1-12(16-9-8-15(20)10-17(16)21)22-19(25)11-18(23-13(2)24)14-6-4-3-5-7-14/h3-10,12,18H,11H2,1-2H3,(H,22,25)(H,23,24)/t12-,18+/m0/s1. The smallest absolute Gasteiger partial charge is 0.222 e. The monoisotopic (exact) mass is 378 g/mol. The van der Waals surface area contributed by atoms with E-state index in [4.69, 9.17) is 23.2 Å². The summed E-state index contributed by atoms with van der Waals surface area (Å²) in [6.45, 7) is 3.28. The van der Waals surface area contributed by atoms with E-state index >= 15 is 0 Å². The average Bonchev–Trinajstić information content (AvgIpc) is 2.54. The molecule has 4 nitrogen and oxygen atoms in total. The Morgan fingerprint density at radius 2 is 1.72 bits per heavy atom. The molecular formula is C19H20Cl2N2O2. The van der Waals surface area contributed by atoms with Crippen molar-refractivity contribution in [3.05, 3.63) is 69.7 Å². The average molecular weight is 379 g/mol. The van der Waals surface area contributed by atoms with E-state index in [0.717, 1.165) is 11.1 Å². The molecule has 2 N–H and O–H groups in total. The summed E-state index contributed by atoms with van der Waals surface area (Å²) in [6, 6.07) is 13.9. The van der Waals surface area contributed by atoms with Crippen molar-refractivity contribution in [3.8, 4) is 0 Å². The van der Waals surface area contributed by atoms with E-state index < -0.39 is 0 Å². The molecule has 2 amide bonds. The van der Waals surface area contributed by atoms with Crippen molar-refractivity contribution in [1.82, 2.24) is 10.6 Å². The zero-order valence-corrected chi connectivity index (χ0v) is 15.6. The molecule has 0 aliphatic carbocycles. The highest BCUT2D eigenvalue weighted by atomic mass is 35.5. The van der Waals surface area contributed by atoms with E-state index in [9.17, 15) is 9.59 Å². The van der Waals surface area contributed by atoms with Gasteiger partial charge in [0, 0.05) is 17.0 Å².